The molecule has 0 aliphatic heterocycles. The third-order valence-electron chi connectivity index (χ3n) is 2.87. The fraction of sp³-hybridized carbons (Fsp3) is 0.133. The fourth-order valence-electron chi connectivity index (χ4n) is 1.91. The Morgan fingerprint density at radius 1 is 1.11 bits per heavy atom. The first-order valence-electron chi connectivity index (χ1n) is 5.65. The van der Waals surface area contributed by atoms with Gasteiger partial charge in [-0.1, -0.05) is 48.0 Å². The molecule has 0 aliphatic carbocycles. The minimum absolute atomic E-state index is 0.360. The van der Waals surface area contributed by atoms with Crippen molar-refractivity contribution < 1.29 is 9.18 Å². The number of hydrogen-bond acceptors (Lipinski definition) is 1. The largest absolute Gasteiger partial charge is 0.303 e. The highest BCUT2D eigenvalue weighted by Crippen LogP contribution is 2.25. The first-order chi connectivity index (χ1) is 8.72. The van der Waals surface area contributed by atoms with Crippen molar-refractivity contribution in [3.05, 3.63) is 70.5 Å². The molecule has 0 spiro atoms. The SMILES string of the molecule is O=CC(Cc1ccccc1Cl)c1ccccc1F. The summed E-state index contributed by atoms with van der Waals surface area (Å²) in [6.45, 7) is 0. The number of benzene rings is 2. The van der Waals surface area contributed by atoms with E-state index in [0.717, 1.165) is 11.8 Å². The number of carbonyl (C=O) groups is 1. The van der Waals surface area contributed by atoms with Crippen LogP contribution in [0.2, 0.25) is 5.02 Å². The zero-order chi connectivity index (χ0) is 13.0. The Labute approximate surface area is 110 Å². The molecule has 92 valence electrons. The normalized spacial score (nSPS) is 12.1. The number of halogens is 2. The molecule has 0 heterocycles. The predicted molar refractivity (Wildman–Crippen MR) is 70.4 cm³/mol. The van der Waals surface area contributed by atoms with Gasteiger partial charge in [0.05, 0.1) is 0 Å². The lowest BCUT2D eigenvalue weighted by molar-refractivity contribution is -0.109. The van der Waals surface area contributed by atoms with Gasteiger partial charge in [-0.3, -0.25) is 0 Å². The van der Waals surface area contributed by atoms with Gasteiger partial charge in [-0.05, 0) is 29.7 Å². The molecule has 0 amide bonds. The van der Waals surface area contributed by atoms with Gasteiger partial charge in [0.1, 0.15) is 12.1 Å². The lowest BCUT2D eigenvalue weighted by Crippen LogP contribution is -2.07. The van der Waals surface area contributed by atoms with Crippen LogP contribution in [0.25, 0.3) is 0 Å². The van der Waals surface area contributed by atoms with E-state index in [2.05, 4.69) is 0 Å². The second-order valence-electron chi connectivity index (χ2n) is 4.06. The lowest BCUT2D eigenvalue weighted by atomic mass is 9.93. The molecule has 0 N–H and O–H groups in total. The summed E-state index contributed by atoms with van der Waals surface area (Å²) < 4.78 is 13.6. The van der Waals surface area contributed by atoms with Crippen molar-refractivity contribution in [3.63, 3.8) is 0 Å². The maximum Gasteiger partial charge on any atom is 0.127 e. The average Bonchev–Trinajstić information content (AvgIpc) is 2.39. The van der Waals surface area contributed by atoms with Gasteiger partial charge in [0, 0.05) is 10.9 Å². The van der Waals surface area contributed by atoms with E-state index in [4.69, 9.17) is 11.6 Å². The van der Waals surface area contributed by atoms with Gasteiger partial charge in [-0.15, -0.1) is 0 Å². The van der Waals surface area contributed by atoms with Crippen LogP contribution >= 0.6 is 11.6 Å². The highest BCUT2D eigenvalue weighted by molar-refractivity contribution is 6.31. The molecule has 2 aromatic carbocycles. The Kier molecular flexibility index (Phi) is 4.11. The van der Waals surface area contributed by atoms with Crippen molar-refractivity contribution in [2.75, 3.05) is 0 Å². The quantitative estimate of drug-likeness (QED) is 0.761. The predicted octanol–water partition coefficient (Wildman–Crippen LogP) is 4.00. The van der Waals surface area contributed by atoms with Gasteiger partial charge < -0.3 is 4.79 Å². The van der Waals surface area contributed by atoms with Crippen LogP contribution < -0.4 is 0 Å². The summed E-state index contributed by atoms with van der Waals surface area (Å²) >= 11 is 6.04. The van der Waals surface area contributed by atoms with Crippen LogP contribution in [0.1, 0.15) is 17.0 Å². The van der Waals surface area contributed by atoms with E-state index in [0.29, 0.717) is 17.0 Å². The zero-order valence-electron chi connectivity index (χ0n) is 9.64. The Morgan fingerprint density at radius 3 is 2.44 bits per heavy atom. The lowest BCUT2D eigenvalue weighted by Gasteiger charge is -2.12. The molecule has 1 atom stereocenters. The Balaban J connectivity index is 2.29. The number of rotatable bonds is 4. The molecule has 0 fully saturated rings. The highest BCUT2D eigenvalue weighted by atomic mass is 35.5. The van der Waals surface area contributed by atoms with E-state index in [1.54, 1.807) is 24.3 Å². The van der Waals surface area contributed by atoms with Gasteiger partial charge in [-0.25, -0.2) is 4.39 Å². The maximum absolute atomic E-state index is 13.6. The van der Waals surface area contributed by atoms with Crippen molar-refractivity contribution in [1.82, 2.24) is 0 Å². The van der Waals surface area contributed by atoms with E-state index in [-0.39, 0.29) is 5.82 Å². The maximum atomic E-state index is 13.6. The molecule has 3 heteroatoms. The van der Waals surface area contributed by atoms with E-state index in [9.17, 15) is 9.18 Å². The third-order valence-corrected chi connectivity index (χ3v) is 3.24. The summed E-state index contributed by atoms with van der Waals surface area (Å²) in [6.07, 6.45) is 1.17. The standard InChI is InChI=1S/C15H12ClFO/c16-14-7-3-1-5-11(14)9-12(10-18)13-6-2-4-8-15(13)17/h1-8,10,12H,9H2. The molecule has 0 saturated heterocycles. The molecule has 18 heavy (non-hydrogen) atoms. The van der Waals surface area contributed by atoms with Gasteiger partial charge in [-0.2, -0.15) is 0 Å². The van der Waals surface area contributed by atoms with E-state index < -0.39 is 5.92 Å². The first-order valence-corrected chi connectivity index (χ1v) is 6.03. The van der Waals surface area contributed by atoms with E-state index >= 15 is 0 Å². The van der Waals surface area contributed by atoms with E-state index in [1.165, 1.54) is 6.07 Å². The molecule has 2 aromatic rings. The smallest absolute Gasteiger partial charge is 0.127 e. The average molecular weight is 263 g/mol. The Morgan fingerprint density at radius 2 is 1.78 bits per heavy atom. The third kappa shape index (κ3) is 2.77. The highest BCUT2D eigenvalue weighted by Gasteiger charge is 2.16. The molecule has 0 aromatic heterocycles. The molecule has 0 aliphatic rings. The monoisotopic (exact) mass is 262 g/mol. The molecular formula is C15H12ClFO. The minimum Gasteiger partial charge on any atom is -0.303 e. The fourth-order valence-corrected chi connectivity index (χ4v) is 2.12. The molecule has 2 rings (SSSR count). The number of aldehydes is 1. The summed E-state index contributed by atoms with van der Waals surface area (Å²) in [7, 11) is 0. The van der Waals surface area contributed by atoms with Crippen molar-refractivity contribution in [1.29, 1.82) is 0 Å². The van der Waals surface area contributed by atoms with Gasteiger partial charge in [0.2, 0.25) is 0 Å². The molecule has 0 radical (unpaired) electrons. The topological polar surface area (TPSA) is 17.1 Å². The molecule has 0 saturated carbocycles. The Bertz CT molecular complexity index is 554. The van der Waals surface area contributed by atoms with Crippen LogP contribution in [0.3, 0.4) is 0 Å². The van der Waals surface area contributed by atoms with Crippen molar-refractivity contribution >= 4 is 17.9 Å². The van der Waals surface area contributed by atoms with Crippen LogP contribution in [0.5, 0.6) is 0 Å². The van der Waals surface area contributed by atoms with Crippen LogP contribution in [0, 0.1) is 5.82 Å². The first kappa shape index (κ1) is 12.8. The van der Waals surface area contributed by atoms with Crippen LogP contribution in [-0.4, -0.2) is 6.29 Å². The van der Waals surface area contributed by atoms with Gasteiger partial charge >= 0.3 is 0 Å². The van der Waals surface area contributed by atoms with E-state index in [1.807, 2.05) is 18.2 Å². The summed E-state index contributed by atoms with van der Waals surface area (Å²) in [5.74, 6) is -0.868. The zero-order valence-corrected chi connectivity index (χ0v) is 10.4. The summed E-state index contributed by atoms with van der Waals surface area (Å²) in [5.41, 5.74) is 1.26. The van der Waals surface area contributed by atoms with Crippen LogP contribution in [0.4, 0.5) is 4.39 Å². The summed E-state index contributed by atoms with van der Waals surface area (Å²) in [6, 6.07) is 13.6. The Hall–Kier alpha value is -1.67. The van der Waals surface area contributed by atoms with Crippen molar-refractivity contribution in [3.8, 4) is 0 Å². The molecule has 0 bridgehead atoms. The summed E-state index contributed by atoms with van der Waals surface area (Å²) in [5, 5.41) is 0.598. The van der Waals surface area contributed by atoms with Crippen LogP contribution in [0.15, 0.2) is 48.5 Å². The number of hydrogen-bond donors (Lipinski definition) is 0. The molecule has 1 unspecified atom stereocenters. The number of carbonyl (C=O) groups excluding carboxylic acids is 1. The minimum atomic E-state index is -0.508. The molecular weight excluding hydrogens is 251 g/mol. The van der Waals surface area contributed by atoms with Crippen molar-refractivity contribution in [2.45, 2.75) is 12.3 Å². The molecule has 1 nitrogen and oxygen atoms in total. The van der Waals surface area contributed by atoms with Crippen molar-refractivity contribution in [2.24, 2.45) is 0 Å². The second kappa shape index (κ2) is 5.78. The summed E-state index contributed by atoms with van der Waals surface area (Å²) in [4.78, 5) is 11.2. The van der Waals surface area contributed by atoms with Gasteiger partial charge in [0.25, 0.3) is 0 Å². The van der Waals surface area contributed by atoms with Gasteiger partial charge in [0.15, 0.2) is 0 Å². The van der Waals surface area contributed by atoms with Crippen LogP contribution in [-0.2, 0) is 11.2 Å². The second-order valence-corrected chi connectivity index (χ2v) is 4.47.